The minimum atomic E-state index is -0.158. The first-order chi connectivity index (χ1) is 14.1. The maximum atomic E-state index is 5.94. The van der Waals surface area contributed by atoms with Crippen LogP contribution in [0, 0.1) is 0 Å². The fraction of sp³-hybridized carbons (Fsp3) is 0.739. The standard InChI is InChI=1S/C23H36N4O2/c1-19-8-6-13-27(19)14-7-15-28-21-10-9-20(16-24-21)22-25-23(2,18-29-22)17-26-11-4-3-5-12-26/h9-10,16,19H,3-8,11-15,17-18H2,1-2H3. The van der Waals surface area contributed by atoms with Gasteiger partial charge in [-0.15, -0.1) is 0 Å². The number of pyridine rings is 1. The molecule has 1 aromatic rings. The van der Waals surface area contributed by atoms with E-state index in [4.69, 9.17) is 14.5 Å². The van der Waals surface area contributed by atoms with Crippen molar-refractivity contribution in [2.45, 2.75) is 64.0 Å². The van der Waals surface area contributed by atoms with Gasteiger partial charge < -0.3 is 19.3 Å². The summed E-state index contributed by atoms with van der Waals surface area (Å²) in [4.78, 5) is 14.4. The second-order valence-corrected chi connectivity index (χ2v) is 9.15. The molecule has 29 heavy (non-hydrogen) atoms. The van der Waals surface area contributed by atoms with Gasteiger partial charge in [0.2, 0.25) is 11.8 Å². The summed E-state index contributed by atoms with van der Waals surface area (Å²) in [5.74, 6) is 1.39. The van der Waals surface area contributed by atoms with Crippen molar-refractivity contribution in [2.75, 3.05) is 45.9 Å². The molecule has 4 rings (SSSR count). The van der Waals surface area contributed by atoms with Crippen molar-refractivity contribution in [2.24, 2.45) is 4.99 Å². The molecular formula is C23H36N4O2. The largest absolute Gasteiger partial charge is 0.478 e. The number of hydrogen-bond donors (Lipinski definition) is 0. The number of likely N-dealkylation sites (tertiary alicyclic amines) is 2. The van der Waals surface area contributed by atoms with Crippen LogP contribution < -0.4 is 4.74 Å². The predicted molar refractivity (Wildman–Crippen MR) is 116 cm³/mol. The first-order valence-electron chi connectivity index (χ1n) is 11.4. The Morgan fingerprint density at radius 3 is 2.76 bits per heavy atom. The number of ether oxygens (including phenoxy) is 2. The molecule has 2 atom stereocenters. The number of nitrogens with zero attached hydrogens (tertiary/aromatic N) is 4. The fourth-order valence-electron chi connectivity index (χ4n) is 4.72. The molecule has 0 saturated carbocycles. The molecule has 2 fully saturated rings. The van der Waals surface area contributed by atoms with Gasteiger partial charge in [-0.1, -0.05) is 6.42 Å². The molecule has 0 amide bonds. The SMILES string of the molecule is CC1CCCN1CCCOc1ccc(C2=NC(C)(CN3CCCCC3)CO2)cn1. The molecule has 2 saturated heterocycles. The van der Waals surface area contributed by atoms with Gasteiger partial charge in [0.1, 0.15) is 12.1 Å². The second-order valence-electron chi connectivity index (χ2n) is 9.15. The Morgan fingerprint density at radius 1 is 1.17 bits per heavy atom. The van der Waals surface area contributed by atoms with E-state index >= 15 is 0 Å². The van der Waals surface area contributed by atoms with E-state index in [1.165, 1.54) is 51.7 Å². The van der Waals surface area contributed by atoms with E-state index in [1.54, 1.807) is 0 Å². The molecule has 0 bridgehead atoms. The van der Waals surface area contributed by atoms with Crippen LogP contribution in [0.4, 0.5) is 0 Å². The van der Waals surface area contributed by atoms with Crippen molar-refractivity contribution in [1.29, 1.82) is 0 Å². The third kappa shape index (κ3) is 5.48. The van der Waals surface area contributed by atoms with Crippen LogP contribution in [0.2, 0.25) is 0 Å². The van der Waals surface area contributed by atoms with Crippen LogP contribution in [-0.4, -0.2) is 78.2 Å². The van der Waals surface area contributed by atoms with Gasteiger partial charge in [-0.2, -0.15) is 0 Å². The smallest absolute Gasteiger partial charge is 0.218 e. The first kappa shape index (κ1) is 20.6. The van der Waals surface area contributed by atoms with Gasteiger partial charge in [0, 0.05) is 31.4 Å². The normalized spacial score (nSPS) is 28.3. The van der Waals surface area contributed by atoms with Crippen LogP contribution in [0.15, 0.2) is 23.3 Å². The molecule has 1 aromatic heterocycles. The van der Waals surface area contributed by atoms with Crippen LogP contribution in [0.25, 0.3) is 0 Å². The van der Waals surface area contributed by atoms with Gasteiger partial charge in [-0.3, -0.25) is 0 Å². The van der Waals surface area contributed by atoms with E-state index in [0.717, 1.165) is 31.1 Å². The van der Waals surface area contributed by atoms with E-state index in [0.29, 0.717) is 25.0 Å². The molecule has 3 aliphatic heterocycles. The second kappa shape index (κ2) is 9.43. The van der Waals surface area contributed by atoms with E-state index in [2.05, 4.69) is 28.6 Å². The number of rotatable bonds is 8. The van der Waals surface area contributed by atoms with Crippen molar-refractivity contribution in [3.8, 4) is 5.88 Å². The maximum Gasteiger partial charge on any atom is 0.218 e. The van der Waals surface area contributed by atoms with Crippen molar-refractivity contribution >= 4 is 5.90 Å². The average molecular weight is 401 g/mol. The van der Waals surface area contributed by atoms with Gasteiger partial charge in [0.25, 0.3) is 0 Å². The highest BCUT2D eigenvalue weighted by atomic mass is 16.5. The van der Waals surface area contributed by atoms with Gasteiger partial charge in [0.15, 0.2) is 0 Å². The van der Waals surface area contributed by atoms with Crippen molar-refractivity contribution in [3.05, 3.63) is 23.9 Å². The summed E-state index contributed by atoms with van der Waals surface area (Å²) in [6.45, 7) is 11.6. The van der Waals surface area contributed by atoms with Crippen LogP contribution in [0.3, 0.4) is 0 Å². The summed E-state index contributed by atoms with van der Waals surface area (Å²) in [6, 6.07) is 4.66. The quantitative estimate of drug-likeness (QED) is 0.627. The zero-order valence-electron chi connectivity index (χ0n) is 18.1. The molecule has 0 aliphatic carbocycles. The topological polar surface area (TPSA) is 50.2 Å². The van der Waals surface area contributed by atoms with E-state index in [1.807, 2.05) is 18.3 Å². The van der Waals surface area contributed by atoms with Crippen LogP contribution >= 0.6 is 0 Å². The Morgan fingerprint density at radius 2 is 2.03 bits per heavy atom. The predicted octanol–water partition coefficient (Wildman–Crippen LogP) is 3.36. The number of piperidine rings is 1. The van der Waals surface area contributed by atoms with Crippen LogP contribution in [-0.2, 0) is 4.74 Å². The highest BCUT2D eigenvalue weighted by Crippen LogP contribution is 2.24. The summed E-state index contributed by atoms with van der Waals surface area (Å²) in [5.41, 5.74) is 0.778. The molecule has 0 radical (unpaired) electrons. The Labute approximate surface area is 175 Å². The van der Waals surface area contributed by atoms with Gasteiger partial charge in [-0.05, 0) is 71.7 Å². The zero-order valence-corrected chi connectivity index (χ0v) is 18.1. The van der Waals surface area contributed by atoms with Crippen LogP contribution in [0.1, 0.15) is 57.9 Å². The minimum Gasteiger partial charge on any atom is -0.478 e. The van der Waals surface area contributed by atoms with Crippen molar-refractivity contribution in [3.63, 3.8) is 0 Å². The van der Waals surface area contributed by atoms with Crippen molar-refractivity contribution < 1.29 is 9.47 Å². The molecular weight excluding hydrogens is 364 g/mol. The highest BCUT2D eigenvalue weighted by molar-refractivity contribution is 5.95. The van der Waals surface area contributed by atoms with Crippen LogP contribution in [0.5, 0.6) is 5.88 Å². The fourth-order valence-corrected chi connectivity index (χ4v) is 4.72. The molecule has 6 nitrogen and oxygen atoms in total. The number of hydrogen-bond acceptors (Lipinski definition) is 6. The summed E-state index contributed by atoms with van der Waals surface area (Å²) < 4.78 is 11.8. The average Bonchev–Trinajstić information content (AvgIpc) is 3.32. The molecule has 6 heteroatoms. The molecule has 2 unspecified atom stereocenters. The summed E-state index contributed by atoms with van der Waals surface area (Å²) in [5, 5.41) is 0. The first-order valence-corrected chi connectivity index (χ1v) is 11.4. The lowest BCUT2D eigenvalue weighted by Crippen LogP contribution is -2.43. The Balaban J connectivity index is 1.25. The summed E-state index contributed by atoms with van der Waals surface area (Å²) in [6.07, 6.45) is 9.48. The van der Waals surface area contributed by atoms with Gasteiger partial charge >= 0.3 is 0 Å². The lowest BCUT2D eigenvalue weighted by molar-refractivity contribution is 0.161. The lowest BCUT2D eigenvalue weighted by atomic mass is 10.0. The number of aromatic nitrogens is 1. The molecule has 4 heterocycles. The Kier molecular flexibility index (Phi) is 6.70. The van der Waals surface area contributed by atoms with Gasteiger partial charge in [0.05, 0.1) is 12.2 Å². The molecule has 160 valence electrons. The van der Waals surface area contributed by atoms with E-state index in [-0.39, 0.29) is 5.54 Å². The van der Waals surface area contributed by atoms with E-state index < -0.39 is 0 Å². The maximum absolute atomic E-state index is 5.94. The van der Waals surface area contributed by atoms with Crippen molar-refractivity contribution in [1.82, 2.24) is 14.8 Å². The Hall–Kier alpha value is -1.66. The molecule has 3 aliphatic rings. The zero-order chi connectivity index (χ0) is 20.1. The lowest BCUT2D eigenvalue weighted by Gasteiger charge is -2.31. The highest BCUT2D eigenvalue weighted by Gasteiger charge is 2.34. The minimum absolute atomic E-state index is 0.158. The monoisotopic (exact) mass is 400 g/mol. The van der Waals surface area contributed by atoms with Gasteiger partial charge in [-0.25, -0.2) is 9.98 Å². The third-order valence-electron chi connectivity index (χ3n) is 6.42. The summed E-state index contributed by atoms with van der Waals surface area (Å²) in [7, 11) is 0. The summed E-state index contributed by atoms with van der Waals surface area (Å²) >= 11 is 0. The third-order valence-corrected chi connectivity index (χ3v) is 6.42. The molecule has 0 aromatic carbocycles. The number of aliphatic imine (C=N–C) groups is 1. The molecule has 0 N–H and O–H groups in total. The van der Waals surface area contributed by atoms with E-state index in [9.17, 15) is 0 Å². The molecule has 0 spiro atoms. The Bertz CT molecular complexity index is 687.